The van der Waals surface area contributed by atoms with Crippen molar-refractivity contribution >= 4 is 11.9 Å². The highest BCUT2D eigenvalue weighted by Gasteiger charge is 2.56. The van der Waals surface area contributed by atoms with Crippen LogP contribution in [0.15, 0.2) is 42.0 Å². The number of aliphatic hydroxyl groups is 2. The fourth-order valence-corrected chi connectivity index (χ4v) is 4.09. The van der Waals surface area contributed by atoms with E-state index in [-0.39, 0.29) is 5.75 Å². The van der Waals surface area contributed by atoms with Gasteiger partial charge in [0.05, 0.1) is 18.1 Å². The molecule has 2 bridgehead atoms. The summed E-state index contributed by atoms with van der Waals surface area (Å²) >= 11 is 0. The Kier molecular flexibility index (Phi) is 4.47. The van der Waals surface area contributed by atoms with Gasteiger partial charge in [-0.25, -0.2) is 4.79 Å². The highest BCUT2D eigenvalue weighted by Crippen LogP contribution is 2.53. The van der Waals surface area contributed by atoms with Crippen LogP contribution in [0.4, 0.5) is 0 Å². The van der Waals surface area contributed by atoms with E-state index >= 15 is 0 Å². The molecule has 0 aliphatic heterocycles. The summed E-state index contributed by atoms with van der Waals surface area (Å²) in [7, 11) is 0. The van der Waals surface area contributed by atoms with Crippen molar-refractivity contribution in [1.29, 1.82) is 0 Å². The van der Waals surface area contributed by atoms with E-state index in [2.05, 4.69) is 0 Å². The second-order valence-electron chi connectivity index (χ2n) is 6.56. The summed E-state index contributed by atoms with van der Waals surface area (Å²) < 4.78 is 0. The Morgan fingerprint density at radius 1 is 0.962 bits per heavy atom. The Bertz CT molecular complexity index is 811. The van der Waals surface area contributed by atoms with Gasteiger partial charge in [-0.1, -0.05) is 18.2 Å². The average Bonchev–Trinajstić information content (AvgIpc) is 2.58. The van der Waals surface area contributed by atoms with Gasteiger partial charge in [-0.15, -0.1) is 0 Å². The SMILES string of the molecule is O=C(O)/C=C/C1=CC2C(O)C(O)C1C(C(=O)O)C2c1ccc(O)c(O)c1. The van der Waals surface area contributed by atoms with Gasteiger partial charge in [0.2, 0.25) is 0 Å². The van der Waals surface area contributed by atoms with Crippen LogP contribution in [0.2, 0.25) is 0 Å². The molecule has 1 fully saturated rings. The number of rotatable bonds is 4. The topological polar surface area (TPSA) is 156 Å². The number of phenols is 2. The Hall–Kier alpha value is -2.84. The van der Waals surface area contributed by atoms with Crippen LogP contribution in [0.1, 0.15) is 11.5 Å². The van der Waals surface area contributed by atoms with Crippen LogP contribution in [-0.4, -0.2) is 54.8 Å². The molecule has 8 nitrogen and oxygen atoms in total. The second-order valence-corrected chi connectivity index (χ2v) is 6.56. The van der Waals surface area contributed by atoms with Crippen LogP contribution < -0.4 is 0 Å². The number of hydrogen-bond acceptors (Lipinski definition) is 6. The number of fused-ring (bicyclic) bond motifs is 2. The van der Waals surface area contributed by atoms with Crippen molar-refractivity contribution in [2.75, 3.05) is 0 Å². The molecule has 1 saturated carbocycles. The molecule has 0 saturated heterocycles. The second kappa shape index (κ2) is 6.47. The van der Waals surface area contributed by atoms with Gasteiger partial charge in [0.25, 0.3) is 0 Å². The lowest BCUT2D eigenvalue weighted by molar-refractivity contribution is -0.157. The number of aliphatic hydroxyl groups excluding tert-OH is 2. The third kappa shape index (κ3) is 2.83. The largest absolute Gasteiger partial charge is 0.504 e. The minimum absolute atomic E-state index is 0.335. The standard InChI is InChI=1S/C18H18O8/c19-10-3-1-8(6-11(10)20)13-9-5-7(2-4-12(21)22)14(15(13)18(25)26)17(24)16(9)23/h1-6,9,13-17,19-20,23-24H,(H,21,22)(H,25,26)/b4-2+. The highest BCUT2D eigenvalue weighted by atomic mass is 16.4. The Balaban J connectivity index is 2.12. The van der Waals surface area contributed by atoms with E-state index in [4.69, 9.17) is 5.11 Å². The van der Waals surface area contributed by atoms with Gasteiger partial charge < -0.3 is 30.6 Å². The summed E-state index contributed by atoms with van der Waals surface area (Å²) in [5, 5.41) is 58.5. The summed E-state index contributed by atoms with van der Waals surface area (Å²) in [4.78, 5) is 22.7. The van der Waals surface area contributed by atoms with Crippen LogP contribution in [0.5, 0.6) is 11.5 Å². The molecule has 6 unspecified atom stereocenters. The van der Waals surface area contributed by atoms with Crippen molar-refractivity contribution in [3.8, 4) is 11.5 Å². The van der Waals surface area contributed by atoms with Gasteiger partial charge in [0.15, 0.2) is 11.5 Å². The maximum absolute atomic E-state index is 11.9. The van der Waals surface area contributed by atoms with Crippen molar-refractivity contribution < 1.29 is 40.2 Å². The summed E-state index contributed by atoms with van der Waals surface area (Å²) in [6.45, 7) is 0. The monoisotopic (exact) mass is 362 g/mol. The zero-order chi connectivity index (χ0) is 19.2. The molecule has 3 aliphatic rings. The molecule has 1 aromatic carbocycles. The molecule has 26 heavy (non-hydrogen) atoms. The molecular formula is C18H18O8. The predicted octanol–water partition coefficient (Wildman–Crippen LogP) is 0.431. The van der Waals surface area contributed by atoms with Crippen molar-refractivity contribution in [3.05, 3.63) is 47.6 Å². The quantitative estimate of drug-likeness (QED) is 0.333. The lowest BCUT2D eigenvalue weighted by atomic mass is 9.55. The predicted molar refractivity (Wildman–Crippen MR) is 87.5 cm³/mol. The van der Waals surface area contributed by atoms with Crippen molar-refractivity contribution in [2.45, 2.75) is 18.1 Å². The molecule has 8 heteroatoms. The first kappa shape index (κ1) is 18.0. The number of aliphatic carboxylic acids is 2. The number of hydrogen-bond donors (Lipinski definition) is 6. The lowest BCUT2D eigenvalue weighted by Crippen LogP contribution is -2.56. The first-order valence-corrected chi connectivity index (χ1v) is 7.96. The van der Waals surface area contributed by atoms with Crippen molar-refractivity contribution in [1.82, 2.24) is 0 Å². The number of benzene rings is 1. The molecule has 0 radical (unpaired) electrons. The van der Waals surface area contributed by atoms with E-state index in [1.807, 2.05) is 0 Å². The first-order valence-electron chi connectivity index (χ1n) is 7.96. The molecule has 6 N–H and O–H groups in total. The van der Waals surface area contributed by atoms with E-state index in [1.165, 1.54) is 24.3 Å². The molecule has 0 spiro atoms. The van der Waals surface area contributed by atoms with E-state index in [0.29, 0.717) is 11.1 Å². The zero-order valence-electron chi connectivity index (χ0n) is 13.4. The van der Waals surface area contributed by atoms with E-state index in [0.717, 1.165) is 6.08 Å². The maximum Gasteiger partial charge on any atom is 0.328 e. The number of carboxylic acid groups (broad SMARTS) is 2. The molecule has 0 heterocycles. The molecular weight excluding hydrogens is 344 g/mol. The van der Waals surface area contributed by atoms with Gasteiger partial charge in [-0.3, -0.25) is 4.79 Å². The maximum atomic E-state index is 11.9. The number of aromatic hydroxyl groups is 2. The number of allylic oxidation sites excluding steroid dienone is 1. The fourth-order valence-electron chi connectivity index (χ4n) is 4.09. The molecule has 3 aliphatic carbocycles. The van der Waals surface area contributed by atoms with Crippen molar-refractivity contribution in [3.63, 3.8) is 0 Å². The third-order valence-corrected chi connectivity index (χ3v) is 5.16. The normalized spacial score (nSPS) is 33.2. The van der Waals surface area contributed by atoms with E-state index < -0.39 is 53.6 Å². The summed E-state index contributed by atoms with van der Waals surface area (Å²) in [5.74, 6) is -6.91. The number of carbonyl (C=O) groups is 2. The molecule has 0 amide bonds. The Morgan fingerprint density at radius 2 is 1.65 bits per heavy atom. The van der Waals surface area contributed by atoms with Crippen LogP contribution in [0.25, 0.3) is 0 Å². The van der Waals surface area contributed by atoms with Crippen LogP contribution in [-0.2, 0) is 9.59 Å². The zero-order valence-corrected chi connectivity index (χ0v) is 13.4. The number of carboxylic acids is 2. The van der Waals surface area contributed by atoms with Gasteiger partial charge in [0, 0.05) is 23.8 Å². The average molecular weight is 362 g/mol. The van der Waals surface area contributed by atoms with Gasteiger partial charge in [0.1, 0.15) is 0 Å². The van der Waals surface area contributed by atoms with E-state index in [1.54, 1.807) is 6.08 Å². The first-order chi connectivity index (χ1) is 12.2. The third-order valence-electron chi connectivity index (χ3n) is 5.16. The summed E-state index contributed by atoms with van der Waals surface area (Å²) in [5.41, 5.74) is 0.730. The number of phenolic OH excluding ortho intramolecular Hbond substituents is 2. The Labute approximate surface area is 148 Å². The van der Waals surface area contributed by atoms with Crippen LogP contribution in [0, 0.1) is 17.8 Å². The molecule has 6 atom stereocenters. The van der Waals surface area contributed by atoms with Crippen molar-refractivity contribution in [2.24, 2.45) is 17.8 Å². The minimum atomic E-state index is -1.36. The van der Waals surface area contributed by atoms with Crippen LogP contribution >= 0.6 is 0 Å². The summed E-state index contributed by atoms with van der Waals surface area (Å²) in [6, 6.07) is 3.91. The highest BCUT2D eigenvalue weighted by molar-refractivity contribution is 5.81. The molecule has 4 rings (SSSR count). The van der Waals surface area contributed by atoms with Gasteiger partial charge in [-0.2, -0.15) is 0 Å². The molecule has 138 valence electrons. The fraction of sp³-hybridized carbons (Fsp3) is 0.333. The van der Waals surface area contributed by atoms with Gasteiger partial charge >= 0.3 is 11.9 Å². The molecule has 1 aromatic rings. The smallest absolute Gasteiger partial charge is 0.328 e. The van der Waals surface area contributed by atoms with Gasteiger partial charge in [-0.05, 0) is 23.3 Å². The summed E-state index contributed by atoms with van der Waals surface area (Å²) in [6.07, 6.45) is 1.05. The Morgan fingerprint density at radius 3 is 2.23 bits per heavy atom. The molecule has 0 aromatic heterocycles. The van der Waals surface area contributed by atoms with E-state index in [9.17, 15) is 35.1 Å². The lowest BCUT2D eigenvalue weighted by Gasteiger charge is -2.51. The van der Waals surface area contributed by atoms with Crippen LogP contribution in [0.3, 0.4) is 0 Å². The minimum Gasteiger partial charge on any atom is -0.504 e.